The molecule has 6 nitrogen and oxygen atoms in total. The van der Waals surface area contributed by atoms with Crippen LogP contribution in [0, 0.1) is 12.7 Å². The van der Waals surface area contributed by atoms with Crippen LogP contribution in [-0.4, -0.2) is 40.4 Å². The van der Waals surface area contributed by atoms with E-state index in [0.717, 1.165) is 42.9 Å². The number of rotatable bonds is 9. The number of nitrogens with zero attached hydrogens (tertiary/aromatic N) is 2. The maximum absolute atomic E-state index is 14.8. The number of benzene rings is 3. The van der Waals surface area contributed by atoms with E-state index in [1.54, 1.807) is 18.2 Å². The van der Waals surface area contributed by atoms with Gasteiger partial charge in [-0.1, -0.05) is 18.2 Å². The summed E-state index contributed by atoms with van der Waals surface area (Å²) < 4.78 is 16.7. The normalized spacial score (nSPS) is 13.8. The molecular formula is C33H34FN3O3. The van der Waals surface area contributed by atoms with Crippen molar-refractivity contribution in [1.29, 1.82) is 0 Å². The van der Waals surface area contributed by atoms with Gasteiger partial charge in [0.25, 0.3) is 0 Å². The van der Waals surface area contributed by atoms with Gasteiger partial charge in [-0.05, 0) is 91.6 Å². The first-order chi connectivity index (χ1) is 19.3. The molecule has 0 saturated carbocycles. The van der Waals surface area contributed by atoms with E-state index in [2.05, 4.69) is 10.2 Å². The number of carbonyl (C=O) groups is 2. The van der Waals surface area contributed by atoms with Gasteiger partial charge in [-0.15, -0.1) is 0 Å². The van der Waals surface area contributed by atoms with Gasteiger partial charge >= 0.3 is 0 Å². The number of aromatic nitrogens is 1. The zero-order valence-corrected chi connectivity index (χ0v) is 22.9. The molecule has 206 valence electrons. The van der Waals surface area contributed by atoms with Crippen molar-refractivity contribution in [3.05, 3.63) is 113 Å². The number of aliphatic hydroxyl groups excluding tert-OH is 1. The fourth-order valence-corrected chi connectivity index (χ4v) is 5.07. The number of aryl methyl sites for hydroxylation is 1. The molecule has 0 unspecified atom stereocenters. The number of ketones is 2. The summed E-state index contributed by atoms with van der Waals surface area (Å²) in [6, 6.07) is 23.5. The molecule has 1 aliphatic heterocycles. The number of piperidine rings is 1. The zero-order chi connectivity index (χ0) is 28.2. The molecule has 1 saturated heterocycles. The third-order valence-electron chi connectivity index (χ3n) is 7.67. The van der Waals surface area contributed by atoms with Crippen LogP contribution in [0.25, 0.3) is 0 Å². The average Bonchev–Trinajstić information content (AvgIpc) is 3.29. The molecule has 5 rings (SSSR count). The van der Waals surface area contributed by atoms with Crippen LogP contribution in [0.5, 0.6) is 0 Å². The summed E-state index contributed by atoms with van der Waals surface area (Å²) in [6.07, 6.45) is 1.71. The Balaban J connectivity index is 1.16. The third-order valence-corrected chi connectivity index (χ3v) is 7.67. The van der Waals surface area contributed by atoms with Gasteiger partial charge in [-0.3, -0.25) is 9.59 Å². The quantitative estimate of drug-likeness (QED) is 0.254. The largest absolute Gasteiger partial charge is 0.393 e. The molecule has 3 aromatic carbocycles. The lowest BCUT2D eigenvalue weighted by Crippen LogP contribution is -2.35. The summed E-state index contributed by atoms with van der Waals surface area (Å²) in [5.41, 5.74) is 5.83. The van der Waals surface area contributed by atoms with Gasteiger partial charge in [0.1, 0.15) is 5.82 Å². The van der Waals surface area contributed by atoms with Crippen molar-refractivity contribution in [2.75, 3.05) is 23.3 Å². The summed E-state index contributed by atoms with van der Waals surface area (Å²) >= 11 is 0. The van der Waals surface area contributed by atoms with Gasteiger partial charge in [-0.2, -0.15) is 0 Å². The molecule has 1 fully saturated rings. The molecular weight excluding hydrogens is 505 g/mol. The van der Waals surface area contributed by atoms with E-state index in [4.69, 9.17) is 0 Å². The highest BCUT2D eigenvalue weighted by Gasteiger charge is 2.18. The fourth-order valence-electron chi connectivity index (χ4n) is 5.07. The minimum absolute atomic E-state index is 0.0306. The summed E-state index contributed by atoms with van der Waals surface area (Å²) in [7, 11) is 1.85. The van der Waals surface area contributed by atoms with Crippen LogP contribution in [-0.2, 0) is 19.9 Å². The van der Waals surface area contributed by atoms with Gasteiger partial charge in [0.2, 0.25) is 0 Å². The lowest BCUT2D eigenvalue weighted by molar-refractivity contribution is 0.0980. The van der Waals surface area contributed by atoms with Crippen LogP contribution in [0.1, 0.15) is 50.5 Å². The Bertz CT molecular complexity index is 1500. The van der Waals surface area contributed by atoms with Gasteiger partial charge in [-0.25, -0.2) is 4.39 Å². The van der Waals surface area contributed by atoms with Crippen molar-refractivity contribution in [2.24, 2.45) is 7.05 Å². The number of anilines is 3. The second kappa shape index (κ2) is 11.9. The number of nitrogens with one attached hydrogen (secondary N) is 1. The molecule has 4 aromatic rings. The van der Waals surface area contributed by atoms with E-state index in [1.165, 1.54) is 6.07 Å². The summed E-state index contributed by atoms with van der Waals surface area (Å²) in [4.78, 5) is 27.7. The van der Waals surface area contributed by atoms with Crippen LogP contribution in [0.15, 0.2) is 78.9 Å². The van der Waals surface area contributed by atoms with Gasteiger partial charge in [0, 0.05) is 55.6 Å². The Labute approximate surface area is 234 Å². The number of Topliss-reactive ketones (excluding diaryl/α,β-unsaturated/α-hetero) is 2. The highest BCUT2D eigenvalue weighted by atomic mass is 19.1. The first-order valence-corrected chi connectivity index (χ1v) is 13.6. The molecule has 2 heterocycles. The molecule has 0 spiro atoms. The Morgan fingerprint density at radius 3 is 2.15 bits per heavy atom. The molecule has 1 aromatic heterocycles. The second-order valence-electron chi connectivity index (χ2n) is 10.5. The molecule has 0 bridgehead atoms. The van der Waals surface area contributed by atoms with Gasteiger partial charge < -0.3 is 19.9 Å². The fraction of sp³-hybridized carbons (Fsp3) is 0.273. The van der Waals surface area contributed by atoms with Crippen molar-refractivity contribution < 1.29 is 19.1 Å². The van der Waals surface area contributed by atoms with E-state index < -0.39 is 5.82 Å². The first kappa shape index (κ1) is 27.3. The van der Waals surface area contributed by atoms with Crippen LogP contribution in [0.2, 0.25) is 0 Å². The number of carbonyl (C=O) groups excluding carboxylic acids is 2. The minimum Gasteiger partial charge on any atom is -0.393 e. The van der Waals surface area contributed by atoms with Crippen LogP contribution in [0.4, 0.5) is 21.5 Å². The van der Waals surface area contributed by atoms with E-state index in [-0.39, 0.29) is 30.5 Å². The van der Waals surface area contributed by atoms with Crippen molar-refractivity contribution in [3.8, 4) is 0 Å². The number of hydrogen-bond donors (Lipinski definition) is 2. The average molecular weight is 540 g/mol. The maximum Gasteiger partial charge on any atom is 0.183 e. The van der Waals surface area contributed by atoms with Gasteiger partial charge in [0.15, 0.2) is 11.6 Å². The maximum atomic E-state index is 14.8. The van der Waals surface area contributed by atoms with E-state index >= 15 is 0 Å². The molecule has 0 radical (unpaired) electrons. The predicted octanol–water partition coefficient (Wildman–Crippen LogP) is 6.03. The molecule has 0 aliphatic carbocycles. The Hall–Kier alpha value is -4.23. The Kier molecular flexibility index (Phi) is 8.12. The van der Waals surface area contributed by atoms with Crippen molar-refractivity contribution >= 4 is 28.6 Å². The standard InChI is InChI=1S/C33H34FN3O3/c1-22-3-14-31(36(22)2)33(40)21-24-6-13-30(29(34)19-24)35-26-9-4-23(5-10-26)20-32(39)25-7-11-27(12-8-25)37-17-15-28(38)16-18-37/h3-14,19,28,35,38H,15-18,20-21H2,1-2H3. The Morgan fingerprint density at radius 2 is 1.52 bits per heavy atom. The molecule has 7 heteroatoms. The van der Waals surface area contributed by atoms with Crippen molar-refractivity contribution in [2.45, 2.75) is 38.7 Å². The molecule has 40 heavy (non-hydrogen) atoms. The molecule has 2 N–H and O–H groups in total. The van der Waals surface area contributed by atoms with Crippen molar-refractivity contribution in [3.63, 3.8) is 0 Å². The first-order valence-electron chi connectivity index (χ1n) is 13.6. The summed E-state index contributed by atoms with van der Waals surface area (Å²) in [5, 5.41) is 12.8. The third kappa shape index (κ3) is 6.32. The van der Waals surface area contributed by atoms with Crippen LogP contribution in [0.3, 0.4) is 0 Å². The highest BCUT2D eigenvalue weighted by Crippen LogP contribution is 2.24. The lowest BCUT2D eigenvalue weighted by atomic mass is 10.0. The highest BCUT2D eigenvalue weighted by molar-refractivity contribution is 5.98. The van der Waals surface area contributed by atoms with Gasteiger partial charge in [0.05, 0.1) is 17.5 Å². The monoisotopic (exact) mass is 539 g/mol. The smallest absolute Gasteiger partial charge is 0.183 e. The molecule has 0 atom stereocenters. The molecule has 0 amide bonds. The van der Waals surface area contributed by atoms with Crippen molar-refractivity contribution in [1.82, 2.24) is 4.57 Å². The summed E-state index contributed by atoms with van der Waals surface area (Å²) in [5.74, 6) is -0.459. The van der Waals surface area contributed by atoms with E-state index in [9.17, 15) is 19.1 Å². The lowest BCUT2D eigenvalue weighted by Gasteiger charge is -2.31. The topological polar surface area (TPSA) is 74.6 Å². The van der Waals surface area contributed by atoms with Crippen LogP contribution < -0.4 is 10.2 Å². The van der Waals surface area contributed by atoms with Crippen LogP contribution >= 0.6 is 0 Å². The number of halogens is 1. The molecule has 1 aliphatic rings. The summed E-state index contributed by atoms with van der Waals surface area (Å²) in [6.45, 7) is 3.57. The predicted molar refractivity (Wildman–Crippen MR) is 156 cm³/mol. The zero-order valence-electron chi connectivity index (χ0n) is 22.9. The number of hydrogen-bond acceptors (Lipinski definition) is 5. The van der Waals surface area contributed by atoms with E-state index in [1.807, 2.05) is 73.1 Å². The Morgan fingerprint density at radius 1 is 0.875 bits per heavy atom. The second-order valence-corrected chi connectivity index (χ2v) is 10.5. The SMILES string of the molecule is Cc1ccc(C(=O)Cc2ccc(Nc3ccc(CC(=O)c4ccc(N5CCC(O)CC5)cc4)cc3)c(F)c2)n1C. The van der Waals surface area contributed by atoms with E-state index in [0.29, 0.717) is 28.2 Å². The number of aliphatic hydroxyl groups is 1. The minimum atomic E-state index is -0.434.